The molecule has 1 aliphatic heterocycles. The van der Waals surface area contributed by atoms with Crippen LogP contribution in [0.15, 0.2) is 35.8 Å². The number of para-hydroxylation sites is 1. The first-order valence-electron chi connectivity index (χ1n) is 6.43. The van der Waals surface area contributed by atoms with Crippen LogP contribution < -0.4 is 9.47 Å². The molecule has 1 amide bonds. The van der Waals surface area contributed by atoms with Crippen molar-refractivity contribution < 1.29 is 18.7 Å². The van der Waals surface area contributed by atoms with Crippen LogP contribution in [0.4, 0.5) is 4.39 Å². The topological polar surface area (TPSA) is 51.7 Å². The maximum Gasteiger partial charge on any atom is 0.273 e. The molecule has 110 valence electrons. The lowest BCUT2D eigenvalue weighted by Crippen LogP contribution is -2.57. The summed E-state index contributed by atoms with van der Waals surface area (Å²) < 4.78 is 24.1. The van der Waals surface area contributed by atoms with Gasteiger partial charge in [-0.2, -0.15) is 0 Å². The number of benzene rings is 1. The molecular formula is C14H13FN2O3S. The van der Waals surface area contributed by atoms with Gasteiger partial charge >= 0.3 is 0 Å². The Morgan fingerprint density at radius 2 is 2.24 bits per heavy atom. The van der Waals surface area contributed by atoms with Crippen molar-refractivity contribution in [3.8, 4) is 10.9 Å². The Labute approximate surface area is 124 Å². The predicted molar refractivity (Wildman–Crippen MR) is 75.0 cm³/mol. The quantitative estimate of drug-likeness (QED) is 0.847. The molecule has 2 aromatic rings. The highest BCUT2D eigenvalue weighted by Crippen LogP contribution is 2.20. The number of nitrogens with zero attached hydrogens (tertiary/aromatic N) is 2. The summed E-state index contributed by atoms with van der Waals surface area (Å²) in [5.41, 5.74) is 0. The Morgan fingerprint density at radius 1 is 1.43 bits per heavy atom. The summed E-state index contributed by atoms with van der Waals surface area (Å²) in [6, 6.07) is 6.01. The SMILES string of the molecule is O=C(COc1ccccc1F)N1CC(Oc2nccs2)C1. The Kier molecular flexibility index (Phi) is 4.01. The molecule has 3 rings (SSSR count). The zero-order valence-electron chi connectivity index (χ0n) is 11.1. The minimum atomic E-state index is -0.473. The van der Waals surface area contributed by atoms with Crippen molar-refractivity contribution in [3.63, 3.8) is 0 Å². The highest BCUT2D eigenvalue weighted by Gasteiger charge is 2.32. The van der Waals surface area contributed by atoms with Gasteiger partial charge in [0.2, 0.25) is 0 Å². The van der Waals surface area contributed by atoms with E-state index in [1.54, 1.807) is 23.2 Å². The standard InChI is InChI=1S/C14H13FN2O3S/c15-11-3-1-2-4-12(11)19-9-13(18)17-7-10(8-17)20-14-16-5-6-21-14/h1-6,10H,7-9H2. The van der Waals surface area contributed by atoms with E-state index < -0.39 is 5.82 Å². The van der Waals surface area contributed by atoms with Crippen molar-refractivity contribution in [1.82, 2.24) is 9.88 Å². The number of carbonyl (C=O) groups is 1. The first kappa shape index (κ1) is 13.8. The van der Waals surface area contributed by atoms with Crippen LogP contribution in [-0.2, 0) is 4.79 Å². The number of ether oxygens (including phenoxy) is 2. The summed E-state index contributed by atoms with van der Waals surface area (Å²) in [4.78, 5) is 17.5. The Bertz CT molecular complexity index is 614. The lowest BCUT2D eigenvalue weighted by atomic mass is 10.1. The van der Waals surface area contributed by atoms with Gasteiger partial charge in [-0.15, -0.1) is 0 Å². The highest BCUT2D eigenvalue weighted by atomic mass is 32.1. The highest BCUT2D eigenvalue weighted by molar-refractivity contribution is 7.11. The number of likely N-dealkylation sites (tertiary alicyclic amines) is 1. The van der Waals surface area contributed by atoms with Gasteiger partial charge in [-0.1, -0.05) is 23.5 Å². The Morgan fingerprint density at radius 3 is 2.95 bits per heavy atom. The fourth-order valence-electron chi connectivity index (χ4n) is 1.92. The van der Waals surface area contributed by atoms with Crippen LogP contribution >= 0.6 is 11.3 Å². The third-order valence-corrected chi connectivity index (χ3v) is 3.73. The van der Waals surface area contributed by atoms with E-state index in [-0.39, 0.29) is 24.4 Å². The van der Waals surface area contributed by atoms with Gasteiger partial charge in [-0.25, -0.2) is 9.37 Å². The summed E-state index contributed by atoms with van der Waals surface area (Å²) in [6.45, 7) is 0.822. The molecule has 1 aromatic heterocycles. The zero-order valence-corrected chi connectivity index (χ0v) is 11.9. The number of carbonyl (C=O) groups excluding carboxylic acids is 1. The number of hydrogen-bond donors (Lipinski definition) is 0. The second-order valence-electron chi connectivity index (χ2n) is 4.56. The molecule has 0 bridgehead atoms. The second kappa shape index (κ2) is 6.09. The van der Waals surface area contributed by atoms with E-state index in [1.807, 2.05) is 5.38 Å². The van der Waals surface area contributed by atoms with Crippen LogP contribution in [0.1, 0.15) is 0 Å². The molecule has 21 heavy (non-hydrogen) atoms. The minimum Gasteiger partial charge on any atom is -0.481 e. The van der Waals surface area contributed by atoms with Gasteiger partial charge in [-0.3, -0.25) is 4.79 Å². The predicted octanol–water partition coefficient (Wildman–Crippen LogP) is 1.95. The molecule has 0 saturated carbocycles. The Hall–Kier alpha value is -2.15. The fraction of sp³-hybridized carbons (Fsp3) is 0.286. The van der Waals surface area contributed by atoms with E-state index in [2.05, 4.69) is 4.98 Å². The summed E-state index contributed by atoms with van der Waals surface area (Å²) in [7, 11) is 0. The van der Waals surface area contributed by atoms with Crippen molar-refractivity contribution in [2.75, 3.05) is 19.7 Å². The van der Waals surface area contributed by atoms with E-state index in [9.17, 15) is 9.18 Å². The molecule has 2 heterocycles. The lowest BCUT2D eigenvalue weighted by molar-refractivity contribution is -0.142. The number of aromatic nitrogens is 1. The molecule has 1 aromatic carbocycles. The second-order valence-corrected chi connectivity index (χ2v) is 5.41. The molecule has 7 heteroatoms. The third kappa shape index (κ3) is 3.30. The monoisotopic (exact) mass is 308 g/mol. The zero-order chi connectivity index (χ0) is 14.7. The maximum absolute atomic E-state index is 13.3. The molecule has 0 aliphatic carbocycles. The van der Waals surface area contributed by atoms with Gasteiger partial charge in [-0.05, 0) is 12.1 Å². The Balaban J connectivity index is 1.42. The summed E-state index contributed by atoms with van der Waals surface area (Å²) in [6.07, 6.45) is 1.64. The van der Waals surface area contributed by atoms with Gasteiger partial charge in [0.25, 0.3) is 11.1 Å². The summed E-state index contributed by atoms with van der Waals surface area (Å²) >= 11 is 1.42. The minimum absolute atomic E-state index is 0.0337. The molecular weight excluding hydrogens is 295 g/mol. The lowest BCUT2D eigenvalue weighted by Gasteiger charge is -2.38. The first-order valence-corrected chi connectivity index (χ1v) is 7.31. The van der Waals surface area contributed by atoms with Gasteiger partial charge < -0.3 is 14.4 Å². The number of amides is 1. The molecule has 0 radical (unpaired) electrons. The molecule has 1 aliphatic rings. The smallest absolute Gasteiger partial charge is 0.273 e. The number of hydrogen-bond acceptors (Lipinski definition) is 5. The van der Waals surface area contributed by atoms with Gasteiger partial charge in [0.05, 0.1) is 13.1 Å². The van der Waals surface area contributed by atoms with Crippen LogP contribution in [-0.4, -0.2) is 41.6 Å². The van der Waals surface area contributed by atoms with Crippen molar-refractivity contribution in [3.05, 3.63) is 41.7 Å². The molecule has 0 spiro atoms. The number of halogens is 1. The molecule has 0 unspecified atom stereocenters. The molecule has 0 N–H and O–H groups in total. The van der Waals surface area contributed by atoms with E-state index in [1.165, 1.54) is 23.5 Å². The first-order chi connectivity index (χ1) is 10.2. The van der Waals surface area contributed by atoms with Crippen molar-refractivity contribution in [2.24, 2.45) is 0 Å². The van der Waals surface area contributed by atoms with Crippen LogP contribution in [0.2, 0.25) is 0 Å². The van der Waals surface area contributed by atoms with E-state index in [4.69, 9.17) is 9.47 Å². The van der Waals surface area contributed by atoms with Crippen molar-refractivity contribution in [2.45, 2.75) is 6.10 Å². The normalized spacial score (nSPS) is 14.6. The third-order valence-electron chi connectivity index (χ3n) is 3.07. The fourth-order valence-corrected chi connectivity index (χ4v) is 2.47. The van der Waals surface area contributed by atoms with E-state index in [0.29, 0.717) is 18.3 Å². The molecule has 5 nitrogen and oxygen atoms in total. The number of thiazole rings is 1. The van der Waals surface area contributed by atoms with Gasteiger partial charge in [0, 0.05) is 11.6 Å². The van der Waals surface area contributed by atoms with Crippen LogP contribution in [0.25, 0.3) is 0 Å². The van der Waals surface area contributed by atoms with Crippen LogP contribution in [0.5, 0.6) is 10.9 Å². The van der Waals surface area contributed by atoms with Gasteiger partial charge in [0.15, 0.2) is 18.2 Å². The van der Waals surface area contributed by atoms with E-state index >= 15 is 0 Å². The summed E-state index contributed by atoms with van der Waals surface area (Å²) in [5.74, 6) is -0.571. The van der Waals surface area contributed by atoms with Crippen molar-refractivity contribution >= 4 is 17.2 Å². The number of rotatable bonds is 5. The maximum atomic E-state index is 13.3. The summed E-state index contributed by atoms with van der Waals surface area (Å²) in [5, 5.41) is 2.44. The van der Waals surface area contributed by atoms with Crippen LogP contribution in [0.3, 0.4) is 0 Å². The average Bonchev–Trinajstić information content (AvgIpc) is 2.94. The molecule has 1 fully saturated rings. The van der Waals surface area contributed by atoms with Gasteiger partial charge in [0.1, 0.15) is 6.10 Å². The van der Waals surface area contributed by atoms with Crippen LogP contribution in [0, 0.1) is 5.82 Å². The molecule has 0 atom stereocenters. The largest absolute Gasteiger partial charge is 0.481 e. The molecule has 1 saturated heterocycles. The average molecular weight is 308 g/mol. The van der Waals surface area contributed by atoms with E-state index in [0.717, 1.165) is 0 Å². The van der Waals surface area contributed by atoms with Crippen molar-refractivity contribution in [1.29, 1.82) is 0 Å².